The second-order valence-electron chi connectivity index (χ2n) is 7.87. The minimum Gasteiger partial charge on any atom is -0.477 e. The molecule has 31 heavy (non-hydrogen) atoms. The number of aromatic nitrogens is 1. The molecule has 1 aliphatic carbocycles. The lowest BCUT2D eigenvalue weighted by molar-refractivity contribution is -0.122. The predicted octanol–water partition coefficient (Wildman–Crippen LogP) is 0.813. The number of anilines is 1. The van der Waals surface area contributed by atoms with Crippen LogP contribution < -0.4 is 21.4 Å². The van der Waals surface area contributed by atoms with Gasteiger partial charge in [0.25, 0.3) is 0 Å². The standard InChI is InChI=1S/C20H23FN4O4.ClH.H2O/c1-10(22)19(27)23-11-4-5-24(8-11)17-7-16-13(6-15(17)21)18(26)14(20(28)29)9-25(16)12-2-3-12;;/h6-7,9-12H,2-5,8,22H2,1H3,(H,23,27)(H,28,29);1H;1H2/t10-,11?;;/m1../s1. The first-order valence-electron chi connectivity index (χ1n) is 9.69. The number of carboxylic acid groups (broad SMARTS) is 1. The summed E-state index contributed by atoms with van der Waals surface area (Å²) in [7, 11) is 0. The van der Waals surface area contributed by atoms with E-state index in [1.54, 1.807) is 17.6 Å². The van der Waals surface area contributed by atoms with Gasteiger partial charge in [-0.15, -0.1) is 12.4 Å². The van der Waals surface area contributed by atoms with E-state index < -0.39 is 23.3 Å². The average molecular weight is 457 g/mol. The molecule has 2 aliphatic rings. The van der Waals surface area contributed by atoms with Crippen LogP contribution in [0.15, 0.2) is 23.1 Å². The molecule has 1 aromatic heterocycles. The van der Waals surface area contributed by atoms with Crippen molar-refractivity contribution in [1.82, 2.24) is 9.88 Å². The van der Waals surface area contributed by atoms with Crippen LogP contribution >= 0.6 is 12.4 Å². The van der Waals surface area contributed by atoms with Gasteiger partial charge in [-0.2, -0.15) is 0 Å². The Bertz CT molecular complexity index is 1070. The number of halogens is 2. The monoisotopic (exact) mass is 456 g/mol. The number of fused-ring (bicyclic) bond motifs is 1. The molecule has 2 fully saturated rings. The molecule has 2 aromatic rings. The molecule has 0 radical (unpaired) electrons. The fraction of sp³-hybridized carbons (Fsp3) is 0.450. The Morgan fingerprint density at radius 1 is 1.29 bits per heavy atom. The molecule has 1 aromatic carbocycles. The van der Waals surface area contributed by atoms with Gasteiger partial charge in [0.2, 0.25) is 11.3 Å². The van der Waals surface area contributed by atoms with E-state index in [-0.39, 0.29) is 46.8 Å². The van der Waals surface area contributed by atoms with Crippen molar-refractivity contribution >= 4 is 40.9 Å². The maximum absolute atomic E-state index is 14.9. The number of rotatable bonds is 5. The van der Waals surface area contributed by atoms with Gasteiger partial charge < -0.3 is 31.1 Å². The fourth-order valence-electron chi connectivity index (χ4n) is 3.84. The van der Waals surface area contributed by atoms with Crippen LogP contribution in [0.5, 0.6) is 0 Å². The van der Waals surface area contributed by atoms with Crippen molar-refractivity contribution in [3.8, 4) is 0 Å². The number of hydrogen-bond donors (Lipinski definition) is 3. The van der Waals surface area contributed by atoms with E-state index in [0.29, 0.717) is 30.7 Å². The Morgan fingerprint density at radius 3 is 2.55 bits per heavy atom. The van der Waals surface area contributed by atoms with E-state index in [4.69, 9.17) is 5.73 Å². The van der Waals surface area contributed by atoms with Crippen LogP contribution in [-0.2, 0) is 4.79 Å². The van der Waals surface area contributed by atoms with Gasteiger partial charge in [-0.3, -0.25) is 9.59 Å². The molecule has 9 nitrogen and oxygen atoms in total. The van der Waals surface area contributed by atoms with Crippen LogP contribution in [0.25, 0.3) is 10.9 Å². The molecule has 0 spiro atoms. The van der Waals surface area contributed by atoms with E-state index >= 15 is 0 Å². The van der Waals surface area contributed by atoms with Crippen molar-refractivity contribution in [3.63, 3.8) is 0 Å². The summed E-state index contributed by atoms with van der Waals surface area (Å²) in [6.45, 7) is 2.59. The number of nitrogens with one attached hydrogen (secondary N) is 1. The molecule has 170 valence electrons. The molecule has 4 rings (SSSR count). The van der Waals surface area contributed by atoms with Crippen molar-refractivity contribution in [1.29, 1.82) is 0 Å². The zero-order valence-electron chi connectivity index (χ0n) is 16.9. The highest BCUT2D eigenvalue weighted by Gasteiger charge is 2.30. The van der Waals surface area contributed by atoms with Crippen molar-refractivity contribution in [2.24, 2.45) is 5.73 Å². The fourth-order valence-corrected chi connectivity index (χ4v) is 3.84. The van der Waals surface area contributed by atoms with Gasteiger partial charge in [-0.05, 0) is 38.3 Å². The van der Waals surface area contributed by atoms with E-state index in [2.05, 4.69) is 5.32 Å². The van der Waals surface area contributed by atoms with Gasteiger partial charge in [0.1, 0.15) is 11.4 Å². The van der Waals surface area contributed by atoms with Crippen LogP contribution in [0, 0.1) is 5.82 Å². The van der Waals surface area contributed by atoms with Crippen LogP contribution in [0.4, 0.5) is 10.1 Å². The van der Waals surface area contributed by atoms with E-state index in [9.17, 15) is 23.9 Å². The minimum atomic E-state index is -1.32. The Hall–Kier alpha value is -2.69. The Labute approximate surface area is 183 Å². The first kappa shape index (κ1) is 24.6. The van der Waals surface area contributed by atoms with Gasteiger partial charge in [0, 0.05) is 36.8 Å². The molecular weight excluding hydrogens is 431 g/mol. The highest BCUT2D eigenvalue weighted by Crippen LogP contribution is 2.38. The van der Waals surface area contributed by atoms with Gasteiger partial charge >= 0.3 is 5.97 Å². The third-order valence-corrected chi connectivity index (χ3v) is 5.56. The minimum absolute atomic E-state index is 0. The second-order valence-corrected chi connectivity index (χ2v) is 7.87. The molecule has 2 atom stereocenters. The Balaban J connectivity index is 0.00000171. The molecule has 1 saturated heterocycles. The molecule has 6 N–H and O–H groups in total. The zero-order valence-corrected chi connectivity index (χ0v) is 17.7. The van der Waals surface area contributed by atoms with E-state index in [1.807, 2.05) is 4.90 Å². The Kier molecular flexibility index (Phi) is 7.30. The normalized spacial score (nSPS) is 18.8. The van der Waals surface area contributed by atoms with Gasteiger partial charge in [0.05, 0.1) is 17.2 Å². The van der Waals surface area contributed by atoms with Crippen molar-refractivity contribution < 1.29 is 24.6 Å². The Morgan fingerprint density at radius 2 is 1.97 bits per heavy atom. The molecule has 2 heterocycles. The van der Waals surface area contributed by atoms with Gasteiger partial charge in [-0.1, -0.05) is 0 Å². The number of pyridine rings is 1. The predicted molar refractivity (Wildman–Crippen MR) is 117 cm³/mol. The highest BCUT2D eigenvalue weighted by molar-refractivity contribution is 5.93. The summed E-state index contributed by atoms with van der Waals surface area (Å²) in [5.74, 6) is -2.15. The van der Waals surface area contributed by atoms with Crippen LogP contribution in [0.3, 0.4) is 0 Å². The SMILES string of the molecule is C[C@@H](N)C(=O)NC1CCN(c2cc3c(cc2F)c(=O)c(C(=O)O)cn3C2CC2)C1.Cl.O. The van der Waals surface area contributed by atoms with Crippen LogP contribution in [-0.4, -0.2) is 52.2 Å². The number of benzene rings is 1. The number of nitrogens with zero attached hydrogens (tertiary/aromatic N) is 2. The zero-order chi connectivity index (χ0) is 20.9. The average Bonchev–Trinajstić information content (AvgIpc) is 3.40. The molecular formula is C20H26ClFN4O5. The first-order valence-corrected chi connectivity index (χ1v) is 9.69. The molecule has 1 amide bonds. The van der Waals surface area contributed by atoms with Crippen molar-refractivity contribution in [2.45, 2.75) is 44.3 Å². The third-order valence-electron chi connectivity index (χ3n) is 5.56. The number of hydrogen-bond acceptors (Lipinski definition) is 5. The lowest BCUT2D eigenvalue weighted by Gasteiger charge is -2.22. The largest absolute Gasteiger partial charge is 0.477 e. The lowest BCUT2D eigenvalue weighted by atomic mass is 10.1. The summed E-state index contributed by atoms with van der Waals surface area (Å²) >= 11 is 0. The summed E-state index contributed by atoms with van der Waals surface area (Å²) in [6, 6.07) is 2.12. The first-order chi connectivity index (χ1) is 13.8. The molecule has 11 heteroatoms. The quantitative estimate of drug-likeness (QED) is 0.606. The number of carbonyl (C=O) groups is 2. The maximum atomic E-state index is 14.9. The lowest BCUT2D eigenvalue weighted by Crippen LogP contribution is -2.45. The summed E-state index contributed by atoms with van der Waals surface area (Å²) in [4.78, 5) is 37.6. The number of amides is 1. The molecule has 1 saturated carbocycles. The number of aromatic carboxylic acids is 1. The van der Waals surface area contributed by atoms with Crippen LogP contribution in [0.1, 0.15) is 42.6 Å². The summed E-state index contributed by atoms with van der Waals surface area (Å²) in [6.07, 6.45) is 3.79. The number of nitrogens with two attached hydrogens (primary N) is 1. The van der Waals surface area contributed by atoms with Gasteiger partial charge in [-0.25, -0.2) is 9.18 Å². The molecule has 1 aliphatic heterocycles. The van der Waals surface area contributed by atoms with Crippen LogP contribution in [0.2, 0.25) is 0 Å². The number of carbonyl (C=O) groups excluding carboxylic acids is 1. The topological polar surface area (TPSA) is 149 Å². The number of carboxylic acids is 1. The van der Waals surface area contributed by atoms with E-state index in [1.165, 1.54) is 6.20 Å². The summed E-state index contributed by atoms with van der Waals surface area (Å²) in [5, 5.41) is 12.3. The van der Waals surface area contributed by atoms with E-state index in [0.717, 1.165) is 18.9 Å². The summed E-state index contributed by atoms with van der Waals surface area (Å²) < 4.78 is 16.7. The molecule has 0 bridgehead atoms. The van der Waals surface area contributed by atoms with Crippen molar-refractivity contribution in [2.75, 3.05) is 18.0 Å². The third kappa shape index (κ3) is 4.65. The maximum Gasteiger partial charge on any atom is 0.341 e. The smallest absolute Gasteiger partial charge is 0.341 e. The highest BCUT2D eigenvalue weighted by atomic mass is 35.5. The second kappa shape index (κ2) is 9.21. The van der Waals surface area contributed by atoms with Crippen molar-refractivity contribution in [3.05, 3.63) is 39.9 Å². The summed E-state index contributed by atoms with van der Waals surface area (Å²) in [5.41, 5.74) is 5.42. The van der Waals surface area contributed by atoms with Gasteiger partial charge in [0.15, 0.2) is 0 Å². The molecule has 1 unspecified atom stereocenters.